The van der Waals surface area contributed by atoms with Crippen molar-refractivity contribution in [2.75, 3.05) is 6.54 Å². The monoisotopic (exact) mass is 303 g/mol. The highest BCUT2D eigenvalue weighted by atomic mass is 79.9. The molecule has 0 radical (unpaired) electrons. The topological polar surface area (TPSA) is 64.1 Å². The summed E-state index contributed by atoms with van der Waals surface area (Å²) < 4.78 is 2.84. The van der Waals surface area contributed by atoms with Crippen LogP contribution in [0.2, 0.25) is 0 Å². The lowest BCUT2D eigenvalue weighted by molar-refractivity contribution is 0.0379. The van der Waals surface area contributed by atoms with Gasteiger partial charge >= 0.3 is 0 Å². The van der Waals surface area contributed by atoms with E-state index in [1.165, 1.54) is 0 Å². The third kappa shape index (κ3) is 3.30. The molecule has 0 saturated carbocycles. The Morgan fingerprint density at radius 2 is 2.12 bits per heavy atom. The summed E-state index contributed by atoms with van der Waals surface area (Å²) >= 11 is 3.56. The predicted octanol–water partition coefficient (Wildman–Crippen LogP) is 1.78. The number of aliphatic hydroxyl groups is 1. The fraction of sp³-hybridized carbons (Fsp3) is 0.750. The summed E-state index contributed by atoms with van der Waals surface area (Å²) in [6.45, 7) is 4.40. The fourth-order valence-electron chi connectivity index (χ4n) is 2.05. The van der Waals surface area contributed by atoms with E-state index in [9.17, 15) is 5.11 Å². The van der Waals surface area contributed by atoms with E-state index in [2.05, 4.69) is 34.9 Å². The molecular weight excluding hydrogens is 282 g/mol. The first-order valence-electron chi connectivity index (χ1n) is 6.10. The molecule has 0 saturated heterocycles. The van der Waals surface area contributed by atoms with Crippen LogP contribution in [0.3, 0.4) is 0 Å². The molecule has 17 heavy (non-hydrogen) atoms. The molecule has 0 aliphatic heterocycles. The van der Waals surface area contributed by atoms with Gasteiger partial charge in [0.25, 0.3) is 0 Å². The number of rotatable bonds is 6. The summed E-state index contributed by atoms with van der Waals surface area (Å²) in [5, 5.41) is 14.8. The zero-order valence-corrected chi connectivity index (χ0v) is 12.4. The van der Waals surface area contributed by atoms with Crippen molar-refractivity contribution in [2.45, 2.75) is 45.1 Å². The molecule has 1 atom stereocenters. The summed E-state index contributed by atoms with van der Waals surface area (Å²) in [6, 6.07) is 0. The zero-order chi connectivity index (χ0) is 13.1. The van der Waals surface area contributed by atoms with Gasteiger partial charge in [0.1, 0.15) is 0 Å². The van der Waals surface area contributed by atoms with Crippen LogP contribution in [0.1, 0.15) is 38.1 Å². The first-order chi connectivity index (χ1) is 7.97. The predicted molar refractivity (Wildman–Crippen MR) is 72.9 cm³/mol. The van der Waals surface area contributed by atoms with Crippen LogP contribution in [0.25, 0.3) is 0 Å². The Hall–Kier alpha value is -0.390. The van der Waals surface area contributed by atoms with E-state index < -0.39 is 5.60 Å². The van der Waals surface area contributed by atoms with Gasteiger partial charge in [-0.25, -0.2) is 0 Å². The van der Waals surface area contributed by atoms with Crippen LogP contribution in [0.5, 0.6) is 0 Å². The van der Waals surface area contributed by atoms with E-state index >= 15 is 0 Å². The Morgan fingerprint density at radius 3 is 2.53 bits per heavy atom. The van der Waals surface area contributed by atoms with Crippen LogP contribution in [0.15, 0.2) is 4.47 Å². The molecule has 3 N–H and O–H groups in total. The molecule has 1 unspecified atom stereocenters. The minimum Gasteiger partial charge on any atom is -0.388 e. The van der Waals surface area contributed by atoms with Gasteiger partial charge in [-0.2, -0.15) is 5.10 Å². The van der Waals surface area contributed by atoms with Crippen molar-refractivity contribution >= 4 is 15.9 Å². The number of nitrogens with zero attached hydrogens (tertiary/aromatic N) is 2. The number of nitrogens with two attached hydrogens (primary N) is 1. The second kappa shape index (κ2) is 5.98. The molecule has 0 aliphatic rings. The van der Waals surface area contributed by atoms with Crippen LogP contribution in [0.4, 0.5) is 0 Å². The second-order valence-corrected chi connectivity index (χ2v) is 5.33. The first-order valence-corrected chi connectivity index (χ1v) is 6.89. The van der Waals surface area contributed by atoms with E-state index in [4.69, 9.17) is 5.73 Å². The van der Waals surface area contributed by atoms with Gasteiger partial charge < -0.3 is 10.8 Å². The average Bonchev–Trinajstić information content (AvgIpc) is 2.57. The number of halogens is 1. The van der Waals surface area contributed by atoms with Crippen LogP contribution in [0, 0.1) is 0 Å². The first kappa shape index (κ1) is 14.7. The maximum Gasteiger partial charge on any atom is 0.0824 e. The number of hydrogen-bond acceptors (Lipinski definition) is 3. The van der Waals surface area contributed by atoms with Gasteiger partial charge in [0, 0.05) is 20.0 Å². The minimum atomic E-state index is -0.823. The molecule has 1 heterocycles. The maximum atomic E-state index is 10.4. The normalized spacial score (nSPS) is 14.9. The second-order valence-electron chi connectivity index (χ2n) is 4.54. The molecular formula is C12H22BrN3O. The largest absolute Gasteiger partial charge is 0.388 e. The van der Waals surface area contributed by atoms with Gasteiger partial charge in [0.15, 0.2) is 0 Å². The molecule has 98 valence electrons. The summed E-state index contributed by atoms with van der Waals surface area (Å²) in [5.74, 6) is 0. The fourth-order valence-corrected chi connectivity index (χ4v) is 2.81. The minimum absolute atomic E-state index is 0.278. The molecule has 5 heteroatoms. The van der Waals surface area contributed by atoms with Crippen molar-refractivity contribution in [3.63, 3.8) is 0 Å². The van der Waals surface area contributed by atoms with Crippen LogP contribution in [-0.2, 0) is 19.9 Å². The standard InChI is InChI=1S/C12H22BrN3O/c1-4-6-12(17,8-14)7-10-11(13)9(5-2)15-16(10)3/h17H,4-8,14H2,1-3H3. The van der Waals surface area contributed by atoms with Crippen molar-refractivity contribution < 1.29 is 5.11 Å². The Labute approximate surface area is 111 Å². The molecule has 1 aromatic rings. The molecule has 0 aliphatic carbocycles. The Kier molecular flexibility index (Phi) is 5.16. The van der Waals surface area contributed by atoms with E-state index in [-0.39, 0.29) is 6.54 Å². The summed E-state index contributed by atoms with van der Waals surface area (Å²) in [4.78, 5) is 0. The van der Waals surface area contributed by atoms with Gasteiger partial charge in [-0.05, 0) is 28.8 Å². The third-order valence-corrected chi connectivity index (χ3v) is 4.01. The molecule has 0 fully saturated rings. The van der Waals surface area contributed by atoms with Gasteiger partial charge in [-0.15, -0.1) is 0 Å². The Bertz CT molecular complexity index is 378. The lowest BCUT2D eigenvalue weighted by Gasteiger charge is -2.26. The van der Waals surface area contributed by atoms with Gasteiger partial charge in [0.05, 0.1) is 21.5 Å². The van der Waals surface area contributed by atoms with Crippen molar-refractivity contribution in [1.29, 1.82) is 0 Å². The Morgan fingerprint density at radius 1 is 1.47 bits per heavy atom. The summed E-state index contributed by atoms with van der Waals surface area (Å²) in [7, 11) is 1.90. The van der Waals surface area contributed by atoms with Gasteiger partial charge in [-0.3, -0.25) is 4.68 Å². The van der Waals surface area contributed by atoms with E-state index in [1.807, 2.05) is 11.7 Å². The van der Waals surface area contributed by atoms with Gasteiger partial charge in [-0.1, -0.05) is 20.3 Å². The third-order valence-electron chi connectivity index (χ3n) is 3.09. The number of aryl methyl sites for hydroxylation is 2. The number of aromatic nitrogens is 2. The average molecular weight is 304 g/mol. The van der Waals surface area contributed by atoms with Crippen LogP contribution >= 0.6 is 15.9 Å². The molecule has 0 spiro atoms. The van der Waals surface area contributed by atoms with Crippen LogP contribution < -0.4 is 5.73 Å². The maximum absolute atomic E-state index is 10.4. The molecule has 4 nitrogen and oxygen atoms in total. The number of hydrogen-bond donors (Lipinski definition) is 2. The zero-order valence-electron chi connectivity index (χ0n) is 10.8. The van der Waals surface area contributed by atoms with E-state index in [0.29, 0.717) is 12.8 Å². The Balaban J connectivity index is 2.97. The van der Waals surface area contributed by atoms with Crippen molar-refractivity contribution in [3.8, 4) is 0 Å². The SMILES string of the molecule is CCCC(O)(CN)Cc1c(Br)c(CC)nn1C. The van der Waals surface area contributed by atoms with Crippen molar-refractivity contribution in [2.24, 2.45) is 12.8 Å². The highest BCUT2D eigenvalue weighted by molar-refractivity contribution is 9.10. The highest BCUT2D eigenvalue weighted by Gasteiger charge is 2.28. The molecule has 1 rings (SSSR count). The molecule has 1 aromatic heterocycles. The van der Waals surface area contributed by atoms with E-state index in [0.717, 1.165) is 28.7 Å². The van der Waals surface area contributed by atoms with Crippen molar-refractivity contribution in [3.05, 3.63) is 15.9 Å². The lowest BCUT2D eigenvalue weighted by atomic mass is 9.92. The molecule has 0 aromatic carbocycles. The summed E-state index contributed by atoms with van der Waals surface area (Å²) in [6.07, 6.45) is 3.05. The van der Waals surface area contributed by atoms with Gasteiger partial charge in [0.2, 0.25) is 0 Å². The van der Waals surface area contributed by atoms with E-state index in [1.54, 1.807) is 0 Å². The highest BCUT2D eigenvalue weighted by Crippen LogP contribution is 2.26. The summed E-state index contributed by atoms with van der Waals surface area (Å²) in [5.41, 5.74) is 6.91. The molecule has 0 bridgehead atoms. The quantitative estimate of drug-likeness (QED) is 0.842. The lowest BCUT2D eigenvalue weighted by Crippen LogP contribution is -2.40. The van der Waals surface area contributed by atoms with Crippen molar-refractivity contribution in [1.82, 2.24) is 9.78 Å². The molecule has 0 amide bonds. The van der Waals surface area contributed by atoms with Crippen LogP contribution in [-0.4, -0.2) is 27.0 Å². The smallest absolute Gasteiger partial charge is 0.0824 e.